The minimum atomic E-state index is -1.43. The molecule has 0 N–H and O–H groups in total. The second kappa shape index (κ2) is 37.9. The molecule has 3 nitrogen and oxygen atoms in total. The summed E-state index contributed by atoms with van der Waals surface area (Å²) in [7, 11) is 4.79. The minimum absolute atomic E-state index is 1.15. The quantitative estimate of drug-likeness (QED) is 0.0367. The third-order valence-corrected chi connectivity index (χ3v) is 12.7. The van der Waals surface area contributed by atoms with Crippen LogP contribution in [0.5, 0.6) is 0 Å². The summed E-state index contributed by atoms with van der Waals surface area (Å²) < 4.78 is 12.5. The van der Waals surface area contributed by atoms with Gasteiger partial charge in [0.1, 0.15) is 0 Å². The maximum absolute atomic E-state index is 5.61. The van der Waals surface area contributed by atoms with E-state index in [1.54, 1.807) is 0 Å². The van der Waals surface area contributed by atoms with Crippen LogP contribution in [0.15, 0.2) is 0 Å². The first-order valence-electron chi connectivity index (χ1n) is 21.5. The molecule has 0 aliphatic rings. The van der Waals surface area contributed by atoms with Gasteiger partial charge in [-0.15, -0.1) is 0 Å². The van der Waals surface area contributed by atoms with E-state index in [1.165, 1.54) is 236 Å². The lowest BCUT2D eigenvalue weighted by atomic mass is 10.0. The van der Waals surface area contributed by atoms with Gasteiger partial charge in [-0.25, -0.2) is 0 Å². The van der Waals surface area contributed by atoms with Crippen molar-refractivity contribution < 1.29 is 13.3 Å². The lowest BCUT2D eigenvalue weighted by Gasteiger charge is -2.35. The minimum Gasteiger partial charge on any atom is -0.400 e. The Labute approximate surface area is 294 Å². The number of hydrogen-bond acceptors (Lipinski definition) is 2. The Hall–Kier alpha value is 0.0969. The topological polar surface area (TPSA) is 18.5 Å². The Bertz CT molecular complexity index is 520. The van der Waals surface area contributed by atoms with Gasteiger partial charge in [0.15, 0.2) is 0 Å². The second-order valence-electron chi connectivity index (χ2n) is 15.4. The van der Waals surface area contributed by atoms with Crippen LogP contribution in [0.3, 0.4) is 0 Å². The molecule has 278 valence electrons. The van der Waals surface area contributed by atoms with E-state index in [-0.39, 0.29) is 0 Å². The van der Waals surface area contributed by atoms with E-state index in [4.69, 9.17) is 8.85 Å². The van der Waals surface area contributed by atoms with Crippen molar-refractivity contribution in [2.24, 2.45) is 0 Å². The molecule has 0 aliphatic carbocycles. The lowest BCUT2D eigenvalue weighted by molar-refractivity contribution is -0.910. The van der Waals surface area contributed by atoms with Crippen molar-refractivity contribution in [1.29, 1.82) is 0 Å². The van der Waals surface area contributed by atoms with E-state index >= 15 is 0 Å². The standard InChI is InChI=1S/C42H90NO2Si/c1-6-8-10-12-14-16-18-20-22-24-26-28-30-32-34-36-39-43(3,41-38-42-46(44-4)45-5)40-37-35-33-31-29-27-25-23-21-19-17-15-13-11-9-7-2/h46H,6-42H2,1-5H3/q+1. The van der Waals surface area contributed by atoms with Crippen molar-refractivity contribution in [3.8, 4) is 0 Å². The van der Waals surface area contributed by atoms with Gasteiger partial charge in [0.2, 0.25) is 0 Å². The van der Waals surface area contributed by atoms with Gasteiger partial charge >= 0.3 is 9.28 Å². The van der Waals surface area contributed by atoms with Crippen LogP contribution in [-0.4, -0.2) is 54.7 Å². The largest absolute Gasteiger partial charge is 0.400 e. The van der Waals surface area contributed by atoms with Crippen molar-refractivity contribution >= 4 is 9.28 Å². The highest BCUT2D eigenvalue weighted by molar-refractivity contribution is 6.44. The molecule has 0 aromatic rings. The van der Waals surface area contributed by atoms with Crippen LogP contribution in [0.4, 0.5) is 0 Å². The van der Waals surface area contributed by atoms with E-state index in [2.05, 4.69) is 20.9 Å². The molecule has 0 saturated carbocycles. The molecule has 0 aliphatic heterocycles. The molecule has 0 unspecified atom stereocenters. The zero-order valence-corrected chi connectivity index (χ0v) is 34.2. The fourth-order valence-electron chi connectivity index (χ4n) is 7.39. The number of unbranched alkanes of at least 4 members (excludes halogenated alkanes) is 30. The van der Waals surface area contributed by atoms with Crippen molar-refractivity contribution in [2.45, 2.75) is 232 Å². The van der Waals surface area contributed by atoms with E-state index in [1.807, 2.05) is 14.2 Å². The van der Waals surface area contributed by atoms with Gasteiger partial charge in [-0.05, 0) is 38.1 Å². The summed E-state index contributed by atoms with van der Waals surface area (Å²) in [4.78, 5) is 0. The average Bonchev–Trinajstić information content (AvgIpc) is 3.06. The number of nitrogens with zero attached hydrogens (tertiary/aromatic N) is 1. The van der Waals surface area contributed by atoms with Gasteiger partial charge in [0.25, 0.3) is 0 Å². The molecule has 0 rings (SSSR count). The molecule has 0 bridgehead atoms. The highest BCUT2D eigenvalue weighted by Gasteiger charge is 2.22. The van der Waals surface area contributed by atoms with Crippen LogP contribution in [0.1, 0.15) is 226 Å². The van der Waals surface area contributed by atoms with Crippen molar-refractivity contribution in [1.82, 2.24) is 0 Å². The molecule has 46 heavy (non-hydrogen) atoms. The number of quaternary nitrogens is 1. The monoisotopic (exact) mass is 669 g/mol. The van der Waals surface area contributed by atoms with Crippen LogP contribution >= 0.6 is 0 Å². The van der Waals surface area contributed by atoms with Crippen LogP contribution in [0, 0.1) is 0 Å². The molecule has 0 aromatic carbocycles. The zero-order chi connectivity index (χ0) is 33.7. The van der Waals surface area contributed by atoms with E-state index in [9.17, 15) is 0 Å². The Morgan fingerprint density at radius 1 is 0.326 bits per heavy atom. The fourth-order valence-corrected chi connectivity index (χ4v) is 8.57. The van der Waals surface area contributed by atoms with E-state index in [0.29, 0.717) is 0 Å². The second-order valence-corrected chi connectivity index (χ2v) is 17.8. The number of hydrogen-bond donors (Lipinski definition) is 0. The molecule has 4 heteroatoms. The Kier molecular flexibility index (Phi) is 38.0. The highest BCUT2D eigenvalue weighted by Crippen LogP contribution is 2.18. The van der Waals surface area contributed by atoms with Gasteiger partial charge in [-0.3, -0.25) is 0 Å². The zero-order valence-electron chi connectivity index (χ0n) is 33.0. The molecule has 0 spiro atoms. The van der Waals surface area contributed by atoms with Crippen LogP contribution < -0.4 is 0 Å². The Morgan fingerprint density at radius 3 is 0.783 bits per heavy atom. The van der Waals surface area contributed by atoms with Crippen molar-refractivity contribution in [3.05, 3.63) is 0 Å². The molecule has 0 amide bonds. The maximum atomic E-state index is 5.61. The fraction of sp³-hybridized carbons (Fsp3) is 1.00. The first-order valence-corrected chi connectivity index (χ1v) is 23.3. The summed E-state index contributed by atoms with van der Waals surface area (Å²) in [6.07, 6.45) is 47.7. The normalized spacial score (nSPS) is 12.1. The summed E-state index contributed by atoms with van der Waals surface area (Å²) >= 11 is 0. The van der Waals surface area contributed by atoms with E-state index < -0.39 is 9.28 Å². The molecule has 0 radical (unpaired) electrons. The summed E-state index contributed by atoms with van der Waals surface area (Å²) in [6.45, 7) is 8.65. The van der Waals surface area contributed by atoms with Gasteiger partial charge in [0, 0.05) is 14.2 Å². The van der Waals surface area contributed by atoms with Gasteiger partial charge in [-0.1, -0.05) is 194 Å². The lowest BCUT2D eigenvalue weighted by Crippen LogP contribution is -2.46. The maximum Gasteiger partial charge on any atom is 0.321 e. The number of rotatable bonds is 40. The average molecular weight is 669 g/mol. The third kappa shape index (κ3) is 34.0. The summed E-state index contributed by atoms with van der Waals surface area (Å²) in [5.41, 5.74) is 0. The predicted octanol–water partition coefficient (Wildman–Crippen LogP) is 13.9. The van der Waals surface area contributed by atoms with Gasteiger partial charge in [0.05, 0.1) is 26.7 Å². The Morgan fingerprint density at radius 2 is 0.543 bits per heavy atom. The van der Waals surface area contributed by atoms with Gasteiger partial charge in [-0.2, -0.15) is 0 Å². The molecule has 0 aromatic heterocycles. The third-order valence-electron chi connectivity index (χ3n) is 10.8. The molecular formula is C42H90NO2Si+. The van der Waals surface area contributed by atoms with Crippen LogP contribution in [0.25, 0.3) is 0 Å². The van der Waals surface area contributed by atoms with Crippen LogP contribution in [0.2, 0.25) is 6.04 Å². The molecule has 0 saturated heterocycles. The SMILES string of the molecule is CCCCCCCCCCCCCCCCCC[N+](C)(CCCCCCCCCCCCCCCCCC)CCC[SiH](OC)OC. The van der Waals surface area contributed by atoms with Crippen molar-refractivity contribution in [2.75, 3.05) is 40.9 Å². The first kappa shape index (κ1) is 46.1. The summed E-state index contributed by atoms with van der Waals surface area (Å²) in [5, 5.41) is 0. The van der Waals surface area contributed by atoms with Crippen LogP contribution in [-0.2, 0) is 8.85 Å². The molecular weight excluding hydrogens is 579 g/mol. The smallest absolute Gasteiger partial charge is 0.321 e. The van der Waals surface area contributed by atoms with Crippen molar-refractivity contribution in [3.63, 3.8) is 0 Å². The summed E-state index contributed by atoms with van der Waals surface area (Å²) in [5.74, 6) is 0. The predicted molar refractivity (Wildman–Crippen MR) is 210 cm³/mol. The van der Waals surface area contributed by atoms with Gasteiger partial charge < -0.3 is 13.3 Å². The highest BCUT2D eigenvalue weighted by atomic mass is 28.3. The van der Waals surface area contributed by atoms with E-state index in [0.717, 1.165) is 6.04 Å². The molecule has 0 atom stereocenters. The molecule has 0 heterocycles. The summed E-state index contributed by atoms with van der Waals surface area (Å²) in [6, 6.07) is 1.15. The first-order chi connectivity index (χ1) is 22.6. The Balaban J connectivity index is 3.91. The molecule has 0 fully saturated rings.